The van der Waals surface area contributed by atoms with Crippen molar-refractivity contribution >= 4 is 23.6 Å². The molecule has 0 radical (unpaired) electrons. The van der Waals surface area contributed by atoms with E-state index in [1.165, 1.54) is 7.11 Å². The van der Waals surface area contributed by atoms with Gasteiger partial charge in [-0.15, -0.1) is 0 Å². The number of imide groups is 1. The number of hydrogen-bond acceptors (Lipinski definition) is 6. The fraction of sp³-hybridized carbons (Fsp3) is 0.222. The van der Waals surface area contributed by atoms with Crippen LogP contribution in [0.25, 0.3) is 0 Å². The number of carbonyl (C=O) groups excluding carboxylic acids is 2. The zero-order valence-corrected chi connectivity index (χ0v) is 14.9. The molecule has 7 heteroatoms. The Balaban J connectivity index is 1.99. The van der Waals surface area contributed by atoms with E-state index >= 15 is 0 Å². The molecular formula is C18H17N3O3S. The molecule has 128 valence electrons. The lowest BCUT2D eigenvalue weighted by Gasteiger charge is -2.08. The Labute approximate surface area is 150 Å². The highest BCUT2D eigenvalue weighted by Gasteiger charge is 2.14. The monoisotopic (exact) mass is 355 g/mol. The zero-order valence-electron chi connectivity index (χ0n) is 14.1. The van der Waals surface area contributed by atoms with Crippen LogP contribution in [-0.2, 0) is 4.79 Å². The van der Waals surface area contributed by atoms with Gasteiger partial charge in [0.05, 0.1) is 18.4 Å². The molecule has 0 atom stereocenters. The number of aromatic nitrogens is 1. The van der Waals surface area contributed by atoms with Gasteiger partial charge >= 0.3 is 0 Å². The number of pyridine rings is 1. The molecule has 1 heterocycles. The van der Waals surface area contributed by atoms with Crippen molar-refractivity contribution in [3.63, 3.8) is 0 Å². The Morgan fingerprint density at radius 2 is 1.96 bits per heavy atom. The van der Waals surface area contributed by atoms with Crippen LogP contribution in [0, 0.1) is 25.2 Å². The van der Waals surface area contributed by atoms with Gasteiger partial charge in [0, 0.05) is 11.3 Å². The minimum absolute atomic E-state index is 0.00747. The molecule has 6 nitrogen and oxygen atoms in total. The molecule has 0 aliphatic heterocycles. The summed E-state index contributed by atoms with van der Waals surface area (Å²) in [6.07, 6.45) is 0. The minimum Gasteiger partial charge on any atom is -0.497 e. The van der Waals surface area contributed by atoms with Crippen LogP contribution in [0.1, 0.15) is 27.2 Å². The van der Waals surface area contributed by atoms with Crippen LogP contribution in [0.3, 0.4) is 0 Å². The molecule has 0 spiro atoms. The van der Waals surface area contributed by atoms with Gasteiger partial charge in [-0.25, -0.2) is 4.98 Å². The van der Waals surface area contributed by atoms with Gasteiger partial charge in [-0.3, -0.25) is 14.9 Å². The molecule has 2 amide bonds. The molecule has 25 heavy (non-hydrogen) atoms. The van der Waals surface area contributed by atoms with Crippen molar-refractivity contribution < 1.29 is 14.3 Å². The molecule has 0 fully saturated rings. The predicted octanol–water partition coefficient (Wildman–Crippen LogP) is 2.63. The number of nitriles is 1. The second-order valence-corrected chi connectivity index (χ2v) is 6.23. The Morgan fingerprint density at radius 3 is 2.56 bits per heavy atom. The van der Waals surface area contributed by atoms with E-state index in [1.807, 2.05) is 19.9 Å². The van der Waals surface area contributed by atoms with Crippen molar-refractivity contribution in [2.75, 3.05) is 12.9 Å². The maximum atomic E-state index is 12.0. The van der Waals surface area contributed by atoms with Crippen LogP contribution in [0.15, 0.2) is 35.4 Å². The second-order valence-electron chi connectivity index (χ2n) is 5.27. The van der Waals surface area contributed by atoms with Crippen LogP contribution in [0.4, 0.5) is 0 Å². The first-order chi connectivity index (χ1) is 11.9. The highest BCUT2D eigenvalue weighted by molar-refractivity contribution is 8.00. The number of aryl methyl sites for hydroxylation is 2. The van der Waals surface area contributed by atoms with Gasteiger partial charge < -0.3 is 4.74 Å². The van der Waals surface area contributed by atoms with Crippen molar-refractivity contribution in [2.45, 2.75) is 18.9 Å². The maximum absolute atomic E-state index is 12.0. The topological polar surface area (TPSA) is 92.1 Å². The molecule has 0 unspecified atom stereocenters. The number of nitrogens with zero attached hydrogens (tertiary/aromatic N) is 2. The molecule has 0 saturated carbocycles. The molecule has 1 aromatic heterocycles. The molecule has 1 aromatic carbocycles. The minimum atomic E-state index is -0.484. The number of thioether (sulfide) groups is 1. The fourth-order valence-corrected chi connectivity index (χ4v) is 3.05. The summed E-state index contributed by atoms with van der Waals surface area (Å²) in [7, 11) is 1.53. The summed E-state index contributed by atoms with van der Waals surface area (Å²) in [4.78, 5) is 28.3. The Kier molecular flexibility index (Phi) is 6.14. The fourth-order valence-electron chi connectivity index (χ4n) is 2.15. The van der Waals surface area contributed by atoms with Crippen LogP contribution in [0.5, 0.6) is 5.75 Å². The van der Waals surface area contributed by atoms with Crippen LogP contribution < -0.4 is 10.1 Å². The van der Waals surface area contributed by atoms with E-state index in [-0.39, 0.29) is 5.75 Å². The molecule has 1 N–H and O–H groups in total. The number of hydrogen-bond donors (Lipinski definition) is 1. The normalized spacial score (nSPS) is 10.0. The van der Waals surface area contributed by atoms with Gasteiger partial charge in [-0.2, -0.15) is 5.26 Å². The summed E-state index contributed by atoms with van der Waals surface area (Å²) < 4.78 is 5.02. The van der Waals surface area contributed by atoms with E-state index in [1.54, 1.807) is 24.3 Å². The van der Waals surface area contributed by atoms with Gasteiger partial charge in [0.15, 0.2) is 0 Å². The van der Waals surface area contributed by atoms with E-state index in [9.17, 15) is 14.9 Å². The summed E-state index contributed by atoms with van der Waals surface area (Å²) in [5.41, 5.74) is 2.40. The van der Waals surface area contributed by atoms with Crippen molar-refractivity contribution in [2.24, 2.45) is 0 Å². The van der Waals surface area contributed by atoms with Gasteiger partial charge in [-0.05, 0) is 49.7 Å². The van der Waals surface area contributed by atoms with E-state index in [0.29, 0.717) is 21.9 Å². The number of carbonyl (C=O) groups is 2. The first-order valence-corrected chi connectivity index (χ1v) is 8.42. The van der Waals surface area contributed by atoms with Gasteiger partial charge in [0.1, 0.15) is 16.8 Å². The number of rotatable bonds is 5. The van der Waals surface area contributed by atoms with Gasteiger partial charge in [0.2, 0.25) is 5.91 Å². The molecular weight excluding hydrogens is 338 g/mol. The SMILES string of the molecule is COc1ccc(C(=O)NC(=O)CSc2nc(C)cc(C)c2C#N)cc1. The lowest BCUT2D eigenvalue weighted by Crippen LogP contribution is -2.31. The third kappa shape index (κ3) is 4.81. The first-order valence-electron chi connectivity index (χ1n) is 7.44. The average molecular weight is 355 g/mol. The molecule has 0 saturated heterocycles. The smallest absolute Gasteiger partial charge is 0.257 e. The summed E-state index contributed by atoms with van der Waals surface area (Å²) >= 11 is 1.13. The number of ether oxygens (including phenoxy) is 1. The molecule has 2 rings (SSSR count). The van der Waals surface area contributed by atoms with E-state index in [0.717, 1.165) is 23.0 Å². The molecule has 0 aliphatic rings. The quantitative estimate of drug-likeness (QED) is 0.829. The van der Waals surface area contributed by atoms with Crippen LogP contribution in [-0.4, -0.2) is 29.7 Å². The predicted molar refractivity (Wildman–Crippen MR) is 94.6 cm³/mol. The van der Waals surface area contributed by atoms with Crippen LogP contribution >= 0.6 is 11.8 Å². The zero-order chi connectivity index (χ0) is 18.4. The first kappa shape index (κ1) is 18.5. The van der Waals surface area contributed by atoms with Gasteiger partial charge in [-0.1, -0.05) is 11.8 Å². The van der Waals surface area contributed by atoms with Crippen LogP contribution in [0.2, 0.25) is 0 Å². The number of methoxy groups -OCH3 is 1. The second kappa shape index (κ2) is 8.31. The van der Waals surface area contributed by atoms with Crippen molar-refractivity contribution in [1.29, 1.82) is 5.26 Å². The van der Waals surface area contributed by atoms with Gasteiger partial charge in [0.25, 0.3) is 5.91 Å². The van der Waals surface area contributed by atoms with Crippen molar-refractivity contribution in [1.82, 2.24) is 10.3 Å². The van der Waals surface area contributed by atoms with Crippen molar-refractivity contribution in [3.8, 4) is 11.8 Å². The lowest BCUT2D eigenvalue weighted by atomic mass is 10.1. The number of nitrogens with one attached hydrogen (secondary N) is 1. The van der Waals surface area contributed by atoms with Crippen molar-refractivity contribution in [3.05, 3.63) is 52.7 Å². The molecule has 0 aliphatic carbocycles. The third-order valence-corrected chi connectivity index (χ3v) is 4.34. The number of benzene rings is 1. The average Bonchev–Trinajstić information content (AvgIpc) is 2.59. The largest absolute Gasteiger partial charge is 0.497 e. The summed E-state index contributed by atoms with van der Waals surface area (Å²) in [6.45, 7) is 3.65. The summed E-state index contributed by atoms with van der Waals surface area (Å²) in [5.74, 6) is -0.312. The molecule has 2 aromatic rings. The highest BCUT2D eigenvalue weighted by atomic mass is 32.2. The highest BCUT2D eigenvalue weighted by Crippen LogP contribution is 2.23. The standard InChI is InChI=1S/C18H17N3O3S/c1-11-8-12(2)20-18(15(11)9-19)25-10-16(22)21-17(23)13-4-6-14(24-3)7-5-13/h4-8H,10H2,1-3H3,(H,21,22,23). The summed E-state index contributed by atoms with van der Waals surface area (Å²) in [5, 5.41) is 12.0. The van der Waals surface area contributed by atoms with E-state index in [2.05, 4.69) is 16.4 Å². The Hall–Kier alpha value is -2.85. The van der Waals surface area contributed by atoms with E-state index in [4.69, 9.17) is 4.74 Å². The Morgan fingerprint density at radius 1 is 1.28 bits per heavy atom. The maximum Gasteiger partial charge on any atom is 0.257 e. The lowest BCUT2D eigenvalue weighted by molar-refractivity contribution is -0.117. The van der Waals surface area contributed by atoms with E-state index < -0.39 is 11.8 Å². The molecule has 0 bridgehead atoms. The Bertz CT molecular complexity index is 842. The number of amides is 2. The third-order valence-electron chi connectivity index (χ3n) is 3.37. The summed E-state index contributed by atoms with van der Waals surface area (Å²) in [6, 6.07) is 10.4.